The van der Waals surface area contributed by atoms with Crippen molar-refractivity contribution in [1.82, 2.24) is 9.97 Å². The maximum atomic E-state index is 8.96. The average molecular weight is 189 g/mol. The summed E-state index contributed by atoms with van der Waals surface area (Å²) in [5.41, 5.74) is 1.30. The quantitative estimate of drug-likeness (QED) is 0.732. The first kappa shape index (κ1) is 10.6. The Hall–Kier alpha value is -1.43. The predicted octanol–water partition coefficient (Wildman–Crippen LogP) is 2.23. The number of nitriles is 1. The van der Waals surface area contributed by atoms with E-state index >= 15 is 0 Å². The van der Waals surface area contributed by atoms with Crippen molar-refractivity contribution in [2.24, 2.45) is 0 Å². The van der Waals surface area contributed by atoms with E-state index < -0.39 is 5.41 Å². The first-order chi connectivity index (χ1) is 6.60. The first-order valence-corrected chi connectivity index (χ1v) is 4.83. The molecule has 0 atom stereocenters. The number of rotatable bonds is 3. The molecule has 0 N–H and O–H groups in total. The second-order valence-corrected chi connectivity index (χ2v) is 3.88. The third-order valence-corrected chi connectivity index (χ3v) is 2.15. The fourth-order valence-electron chi connectivity index (χ4n) is 1.19. The molecule has 0 unspecified atom stereocenters. The largest absolute Gasteiger partial charge is 0.241 e. The maximum absolute atomic E-state index is 8.96. The summed E-state index contributed by atoms with van der Waals surface area (Å²) in [6, 6.07) is 4.16. The van der Waals surface area contributed by atoms with Gasteiger partial charge in [-0.3, -0.25) is 0 Å². The van der Waals surface area contributed by atoms with E-state index in [0.717, 1.165) is 24.2 Å². The molecule has 1 rings (SSSR count). The second-order valence-electron chi connectivity index (χ2n) is 3.88. The van der Waals surface area contributed by atoms with Crippen LogP contribution in [0.15, 0.2) is 12.4 Å². The Kier molecular flexibility index (Phi) is 3.19. The summed E-state index contributed by atoms with van der Waals surface area (Å²) < 4.78 is 0. The van der Waals surface area contributed by atoms with Crippen molar-refractivity contribution in [1.29, 1.82) is 5.26 Å². The minimum atomic E-state index is -0.522. The monoisotopic (exact) mass is 189 g/mol. The molecule has 0 saturated heterocycles. The third-order valence-electron chi connectivity index (χ3n) is 2.15. The van der Waals surface area contributed by atoms with Crippen molar-refractivity contribution < 1.29 is 0 Å². The lowest BCUT2D eigenvalue weighted by Crippen LogP contribution is -2.16. The lowest BCUT2D eigenvalue weighted by atomic mass is 9.90. The van der Waals surface area contributed by atoms with E-state index in [9.17, 15) is 0 Å². The van der Waals surface area contributed by atoms with Crippen LogP contribution in [0.25, 0.3) is 0 Å². The maximum Gasteiger partial charge on any atom is 0.115 e. The van der Waals surface area contributed by atoms with Gasteiger partial charge in [0, 0.05) is 5.69 Å². The molecule has 1 heterocycles. The molecule has 1 aromatic heterocycles. The van der Waals surface area contributed by atoms with Gasteiger partial charge < -0.3 is 0 Å². The van der Waals surface area contributed by atoms with Gasteiger partial charge in [0.05, 0.1) is 17.2 Å². The fourth-order valence-corrected chi connectivity index (χ4v) is 1.19. The van der Waals surface area contributed by atoms with Gasteiger partial charge >= 0.3 is 0 Å². The molecule has 0 amide bonds. The van der Waals surface area contributed by atoms with Crippen molar-refractivity contribution in [2.45, 2.75) is 39.0 Å². The van der Waals surface area contributed by atoms with Crippen LogP contribution in [0.4, 0.5) is 0 Å². The van der Waals surface area contributed by atoms with E-state index in [4.69, 9.17) is 5.26 Å². The van der Waals surface area contributed by atoms with E-state index in [0.29, 0.717) is 0 Å². The van der Waals surface area contributed by atoms with Crippen LogP contribution < -0.4 is 0 Å². The number of aryl methyl sites for hydroxylation is 1. The van der Waals surface area contributed by atoms with Crippen LogP contribution in [0, 0.1) is 11.3 Å². The minimum Gasteiger partial charge on any atom is -0.241 e. The van der Waals surface area contributed by atoms with Crippen LogP contribution in [0.2, 0.25) is 0 Å². The highest BCUT2D eigenvalue weighted by molar-refractivity contribution is 5.24. The Morgan fingerprint density at radius 3 is 2.71 bits per heavy atom. The molecule has 1 aromatic rings. The topological polar surface area (TPSA) is 49.6 Å². The molecule has 0 aliphatic rings. The molecule has 0 aromatic carbocycles. The standard InChI is InChI=1S/C11H15N3/c1-4-5-9-6-10(14-8-13-9)11(2,3)7-12/h6,8H,4-5H2,1-3H3. The van der Waals surface area contributed by atoms with E-state index in [1.165, 1.54) is 0 Å². The molecule has 0 aliphatic heterocycles. The highest BCUT2D eigenvalue weighted by Gasteiger charge is 2.21. The van der Waals surface area contributed by atoms with Crippen molar-refractivity contribution in [3.63, 3.8) is 0 Å². The zero-order chi connectivity index (χ0) is 10.6. The van der Waals surface area contributed by atoms with Gasteiger partial charge in [-0.05, 0) is 26.3 Å². The Morgan fingerprint density at radius 1 is 1.43 bits per heavy atom. The van der Waals surface area contributed by atoms with Gasteiger partial charge in [0.15, 0.2) is 0 Å². The zero-order valence-corrected chi connectivity index (χ0v) is 8.91. The van der Waals surface area contributed by atoms with Gasteiger partial charge in [0.25, 0.3) is 0 Å². The smallest absolute Gasteiger partial charge is 0.115 e. The molecule has 0 spiro atoms. The summed E-state index contributed by atoms with van der Waals surface area (Å²) in [6.07, 6.45) is 3.54. The van der Waals surface area contributed by atoms with Crippen molar-refractivity contribution in [3.05, 3.63) is 23.8 Å². The highest BCUT2D eigenvalue weighted by Crippen LogP contribution is 2.19. The van der Waals surface area contributed by atoms with Crippen LogP contribution in [-0.4, -0.2) is 9.97 Å². The highest BCUT2D eigenvalue weighted by atomic mass is 14.8. The van der Waals surface area contributed by atoms with Gasteiger partial charge in [0.1, 0.15) is 6.33 Å². The Bertz CT molecular complexity index is 350. The molecule has 3 heteroatoms. The van der Waals surface area contributed by atoms with Crippen LogP contribution in [0.5, 0.6) is 0 Å². The molecule has 0 saturated carbocycles. The van der Waals surface area contributed by atoms with Crippen molar-refractivity contribution in [2.75, 3.05) is 0 Å². The molecule has 0 fully saturated rings. The van der Waals surface area contributed by atoms with Crippen LogP contribution >= 0.6 is 0 Å². The van der Waals surface area contributed by atoms with E-state index in [-0.39, 0.29) is 0 Å². The summed E-state index contributed by atoms with van der Waals surface area (Å²) in [5.74, 6) is 0. The summed E-state index contributed by atoms with van der Waals surface area (Å²) in [6.45, 7) is 5.84. The molecule has 3 nitrogen and oxygen atoms in total. The average Bonchev–Trinajstić information content (AvgIpc) is 2.19. The van der Waals surface area contributed by atoms with E-state index in [1.54, 1.807) is 6.33 Å². The summed E-state index contributed by atoms with van der Waals surface area (Å²) in [4.78, 5) is 8.29. The summed E-state index contributed by atoms with van der Waals surface area (Å²) in [7, 11) is 0. The van der Waals surface area contributed by atoms with Crippen LogP contribution in [-0.2, 0) is 11.8 Å². The number of hydrogen-bond donors (Lipinski definition) is 0. The van der Waals surface area contributed by atoms with E-state index in [2.05, 4.69) is 23.0 Å². The van der Waals surface area contributed by atoms with Crippen molar-refractivity contribution in [3.8, 4) is 6.07 Å². The molecule has 0 aliphatic carbocycles. The molecule has 0 radical (unpaired) electrons. The molecular formula is C11H15N3. The molecular weight excluding hydrogens is 174 g/mol. The Balaban J connectivity index is 3.01. The lowest BCUT2D eigenvalue weighted by Gasteiger charge is -2.14. The number of aromatic nitrogens is 2. The predicted molar refractivity (Wildman–Crippen MR) is 54.7 cm³/mol. The van der Waals surface area contributed by atoms with Crippen LogP contribution in [0.3, 0.4) is 0 Å². The molecule has 14 heavy (non-hydrogen) atoms. The van der Waals surface area contributed by atoms with Gasteiger partial charge in [-0.2, -0.15) is 5.26 Å². The van der Waals surface area contributed by atoms with Crippen LogP contribution in [0.1, 0.15) is 38.6 Å². The zero-order valence-electron chi connectivity index (χ0n) is 8.91. The van der Waals surface area contributed by atoms with Gasteiger partial charge in [-0.15, -0.1) is 0 Å². The van der Waals surface area contributed by atoms with Gasteiger partial charge in [0.2, 0.25) is 0 Å². The number of hydrogen-bond acceptors (Lipinski definition) is 3. The minimum absolute atomic E-state index is 0.522. The first-order valence-electron chi connectivity index (χ1n) is 4.83. The summed E-state index contributed by atoms with van der Waals surface area (Å²) >= 11 is 0. The molecule has 74 valence electrons. The SMILES string of the molecule is CCCc1cc(C(C)(C)C#N)ncn1. The molecule has 0 bridgehead atoms. The normalized spacial score (nSPS) is 11.0. The van der Waals surface area contributed by atoms with E-state index in [1.807, 2.05) is 19.9 Å². The van der Waals surface area contributed by atoms with Crippen molar-refractivity contribution >= 4 is 0 Å². The Morgan fingerprint density at radius 2 is 2.14 bits per heavy atom. The fraction of sp³-hybridized carbons (Fsp3) is 0.545. The van der Waals surface area contributed by atoms with Gasteiger partial charge in [-0.25, -0.2) is 9.97 Å². The number of nitrogens with zero attached hydrogens (tertiary/aromatic N) is 3. The lowest BCUT2D eigenvalue weighted by molar-refractivity contribution is 0.651. The third kappa shape index (κ3) is 2.29. The summed E-state index contributed by atoms with van der Waals surface area (Å²) in [5, 5.41) is 8.96. The Labute approximate surface area is 84.8 Å². The van der Waals surface area contributed by atoms with Gasteiger partial charge in [-0.1, -0.05) is 13.3 Å². The second kappa shape index (κ2) is 4.19.